The second-order valence-corrected chi connectivity index (χ2v) is 6.83. The zero-order valence-corrected chi connectivity index (χ0v) is 13.9. The van der Waals surface area contributed by atoms with E-state index < -0.39 is 0 Å². The van der Waals surface area contributed by atoms with Crippen molar-refractivity contribution in [1.29, 1.82) is 0 Å². The van der Waals surface area contributed by atoms with Crippen molar-refractivity contribution in [2.75, 3.05) is 26.3 Å². The van der Waals surface area contributed by atoms with E-state index in [1.165, 1.54) is 5.56 Å². The van der Waals surface area contributed by atoms with Gasteiger partial charge in [-0.1, -0.05) is 30.3 Å². The van der Waals surface area contributed by atoms with Gasteiger partial charge in [0.1, 0.15) is 18.3 Å². The van der Waals surface area contributed by atoms with Gasteiger partial charge in [0.05, 0.1) is 25.9 Å². The van der Waals surface area contributed by atoms with Gasteiger partial charge < -0.3 is 9.47 Å². The molecule has 2 saturated heterocycles. The molecule has 24 heavy (non-hydrogen) atoms. The molecule has 0 unspecified atom stereocenters. The Balaban J connectivity index is 1.40. The van der Waals surface area contributed by atoms with E-state index in [1.54, 1.807) is 12.7 Å². The van der Waals surface area contributed by atoms with E-state index >= 15 is 0 Å². The highest BCUT2D eigenvalue weighted by molar-refractivity contribution is 5.14. The molecule has 0 saturated carbocycles. The summed E-state index contributed by atoms with van der Waals surface area (Å²) in [6.07, 6.45) is 5.59. The zero-order valence-electron chi connectivity index (χ0n) is 13.9. The van der Waals surface area contributed by atoms with Gasteiger partial charge in [-0.2, -0.15) is 5.10 Å². The Hall–Kier alpha value is -1.76. The maximum absolute atomic E-state index is 6.46. The average molecular weight is 328 g/mol. The first-order chi connectivity index (χ1) is 11.8. The molecule has 2 aliphatic heterocycles. The van der Waals surface area contributed by atoms with Crippen molar-refractivity contribution < 1.29 is 9.47 Å². The van der Waals surface area contributed by atoms with E-state index in [4.69, 9.17) is 9.47 Å². The van der Waals surface area contributed by atoms with Gasteiger partial charge in [0.15, 0.2) is 0 Å². The Bertz CT molecular complexity index is 634. The first-order valence-corrected chi connectivity index (χ1v) is 8.66. The lowest BCUT2D eigenvalue weighted by Crippen LogP contribution is -2.44. The molecule has 2 atom stereocenters. The third-order valence-corrected chi connectivity index (χ3v) is 4.87. The van der Waals surface area contributed by atoms with E-state index in [9.17, 15) is 0 Å². The molecular weight excluding hydrogens is 304 g/mol. The molecule has 0 bridgehead atoms. The van der Waals surface area contributed by atoms with Gasteiger partial charge >= 0.3 is 0 Å². The summed E-state index contributed by atoms with van der Waals surface area (Å²) in [4.78, 5) is 6.46. The van der Waals surface area contributed by atoms with Crippen LogP contribution in [-0.4, -0.2) is 57.7 Å². The Morgan fingerprint density at radius 3 is 3.00 bits per heavy atom. The molecule has 4 rings (SSSR count). The first kappa shape index (κ1) is 15.7. The predicted molar refractivity (Wildman–Crippen MR) is 89.4 cm³/mol. The summed E-state index contributed by atoms with van der Waals surface area (Å²) in [6, 6.07) is 10.6. The van der Waals surface area contributed by atoms with Crippen LogP contribution < -0.4 is 0 Å². The van der Waals surface area contributed by atoms with Crippen LogP contribution in [0.4, 0.5) is 0 Å². The summed E-state index contributed by atoms with van der Waals surface area (Å²) < 4.78 is 14.2. The molecule has 128 valence electrons. The molecule has 1 aromatic heterocycles. The molecule has 6 nitrogen and oxygen atoms in total. The van der Waals surface area contributed by atoms with Crippen molar-refractivity contribution in [2.24, 2.45) is 0 Å². The van der Waals surface area contributed by atoms with Crippen LogP contribution in [0.15, 0.2) is 43.0 Å². The largest absolute Gasteiger partial charge is 0.377 e. The van der Waals surface area contributed by atoms with Crippen molar-refractivity contribution in [1.82, 2.24) is 19.7 Å². The lowest BCUT2D eigenvalue weighted by Gasteiger charge is -2.32. The Kier molecular flexibility index (Phi) is 4.60. The Labute approximate surface area is 142 Å². The molecular formula is C18H24N4O2. The minimum atomic E-state index is -0.184. The third kappa shape index (κ3) is 3.66. The highest BCUT2D eigenvalue weighted by atomic mass is 16.6. The summed E-state index contributed by atoms with van der Waals surface area (Å²) in [6.45, 7) is 5.05. The van der Waals surface area contributed by atoms with E-state index in [0.29, 0.717) is 6.61 Å². The lowest BCUT2D eigenvalue weighted by atomic mass is 10.00. The fourth-order valence-corrected chi connectivity index (χ4v) is 3.74. The van der Waals surface area contributed by atoms with Crippen LogP contribution in [0.3, 0.4) is 0 Å². The molecule has 0 radical (unpaired) electrons. The molecule has 0 N–H and O–H groups in total. The van der Waals surface area contributed by atoms with Gasteiger partial charge in [-0.05, 0) is 18.4 Å². The smallest absolute Gasteiger partial charge is 0.137 e. The molecule has 2 aromatic rings. The van der Waals surface area contributed by atoms with Crippen molar-refractivity contribution in [3.8, 4) is 0 Å². The summed E-state index contributed by atoms with van der Waals surface area (Å²) in [5.74, 6) is 0. The number of nitrogens with zero attached hydrogens (tertiary/aromatic N) is 4. The average Bonchev–Trinajstić information content (AvgIpc) is 3.19. The SMILES string of the molecule is c1ccc(CN2CCOC[C@@]3(CC[C@H](Cn4cncn4)O3)C2)cc1. The fraction of sp³-hybridized carbons (Fsp3) is 0.556. The van der Waals surface area contributed by atoms with E-state index in [0.717, 1.165) is 45.6 Å². The summed E-state index contributed by atoms with van der Waals surface area (Å²) in [5, 5.41) is 4.19. The number of hydrogen-bond donors (Lipinski definition) is 0. The molecule has 2 fully saturated rings. The van der Waals surface area contributed by atoms with Crippen molar-refractivity contribution in [3.05, 3.63) is 48.5 Å². The standard InChI is InChI=1S/C18H24N4O2/c1-2-4-16(5-3-1)10-21-8-9-23-13-18(12-21)7-6-17(24-18)11-22-15-19-14-20-22/h1-5,14-15,17H,6-13H2/t17-,18-/m1/s1. The maximum Gasteiger partial charge on any atom is 0.137 e. The topological polar surface area (TPSA) is 52.4 Å². The van der Waals surface area contributed by atoms with Gasteiger partial charge in [0, 0.05) is 19.6 Å². The van der Waals surface area contributed by atoms with E-state index in [2.05, 4.69) is 45.3 Å². The molecule has 3 heterocycles. The normalized spacial score (nSPS) is 28.2. The van der Waals surface area contributed by atoms with Gasteiger partial charge in [-0.25, -0.2) is 4.98 Å². The highest BCUT2D eigenvalue weighted by Gasteiger charge is 2.43. The highest BCUT2D eigenvalue weighted by Crippen LogP contribution is 2.34. The number of aromatic nitrogens is 3. The van der Waals surface area contributed by atoms with Crippen LogP contribution >= 0.6 is 0 Å². The second kappa shape index (κ2) is 7.01. The van der Waals surface area contributed by atoms with Crippen LogP contribution in [-0.2, 0) is 22.6 Å². The Morgan fingerprint density at radius 2 is 2.17 bits per heavy atom. The third-order valence-electron chi connectivity index (χ3n) is 4.87. The molecule has 0 aliphatic carbocycles. The molecule has 6 heteroatoms. The summed E-state index contributed by atoms with van der Waals surface area (Å²) >= 11 is 0. The van der Waals surface area contributed by atoms with E-state index in [1.807, 2.05) is 4.68 Å². The number of ether oxygens (including phenoxy) is 2. The minimum Gasteiger partial charge on any atom is -0.377 e. The fourth-order valence-electron chi connectivity index (χ4n) is 3.74. The van der Waals surface area contributed by atoms with Crippen LogP contribution in [0.25, 0.3) is 0 Å². The van der Waals surface area contributed by atoms with E-state index in [-0.39, 0.29) is 11.7 Å². The summed E-state index contributed by atoms with van der Waals surface area (Å²) in [7, 11) is 0. The van der Waals surface area contributed by atoms with Gasteiger partial charge in [-0.15, -0.1) is 0 Å². The van der Waals surface area contributed by atoms with Gasteiger partial charge in [0.25, 0.3) is 0 Å². The quantitative estimate of drug-likeness (QED) is 0.855. The number of rotatable bonds is 4. The van der Waals surface area contributed by atoms with Crippen molar-refractivity contribution >= 4 is 0 Å². The monoisotopic (exact) mass is 328 g/mol. The second-order valence-electron chi connectivity index (χ2n) is 6.83. The van der Waals surface area contributed by atoms with Crippen LogP contribution in [0.2, 0.25) is 0 Å². The van der Waals surface area contributed by atoms with Crippen LogP contribution in [0.1, 0.15) is 18.4 Å². The first-order valence-electron chi connectivity index (χ1n) is 8.66. The van der Waals surface area contributed by atoms with Crippen molar-refractivity contribution in [2.45, 2.75) is 37.6 Å². The molecule has 1 aromatic carbocycles. The van der Waals surface area contributed by atoms with Gasteiger partial charge in [-0.3, -0.25) is 9.58 Å². The predicted octanol–water partition coefficient (Wildman–Crippen LogP) is 1.73. The van der Waals surface area contributed by atoms with Crippen LogP contribution in [0.5, 0.6) is 0 Å². The summed E-state index contributed by atoms with van der Waals surface area (Å²) in [5.41, 5.74) is 1.16. The Morgan fingerprint density at radius 1 is 1.25 bits per heavy atom. The minimum absolute atomic E-state index is 0.184. The number of hydrogen-bond acceptors (Lipinski definition) is 5. The molecule has 2 aliphatic rings. The zero-order chi connectivity index (χ0) is 16.2. The van der Waals surface area contributed by atoms with Crippen molar-refractivity contribution in [3.63, 3.8) is 0 Å². The lowest BCUT2D eigenvalue weighted by molar-refractivity contribution is -0.0905. The number of benzene rings is 1. The van der Waals surface area contributed by atoms with Crippen LogP contribution in [0, 0.1) is 0 Å². The molecule has 1 spiro atoms. The molecule has 0 amide bonds. The maximum atomic E-state index is 6.46. The van der Waals surface area contributed by atoms with Gasteiger partial charge in [0.2, 0.25) is 0 Å².